The average molecular weight is 226 g/mol. The van der Waals surface area contributed by atoms with Crippen molar-refractivity contribution in [1.82, 2.24) is 4.98 Å². The molecule has 0 fully saturated rings. The Morgan fingerprint density at radius 1 is 1.43 bits per heavy atom. The van der Waals surface area contributed by atoms with Crippen LogP contribution in [0.3, 0.4) is 0 Å². The first kappa shape index (κ1) is 10.9. The lowest BCUT2D eigenvalue weighted by Crippen LogP contribution is -2.13. The zero-order valence-corrected chi connectivity index (χ0v) is 7.43. The third kappa shape index (κ3) is 2.20. The van der Waals surface area contributed by atoms with E-state index in [2.05, 4.69) is 10.1 Å². The van der Waals surface area contributed by atoms with E-state index in [-0.39, 0.29) is 0 Å². The monoisotopic (exact) mass is 226 g/mol. The molecule has 0 amide bonds. The van der Waals surface area contributed by atoms with Gasteiger partial charge in [0.25, 0.3) is 6.43 Å². The van der Waals surface area contributed by atoms with Crippen molar-refractivity contribution in [2.24, 2.45) is 5.14 Å². The van der Waals surface area contributed by atoms with E-state index in [1.165, 1.54) is 0 Å². The van der Waals surface area contributed by atoms with Gasteiger partial charge in [-0.25, -0.2) is 27.3 Å². The summed E-state index contributed by atoms with van der Waals surface area (Å²) in [6.07, 6.45) is -2.56. The summed E-state index contributed by atoms with van der Waals surface area (Å²) in [7, 11) is -4.14. The first-order valence-corrected chi connectivity index (χ1v) is 4.83. The second-order valence-electron chi connectivity index (χ2n) is 2.40. The Morgan fingerprint density at radius 2 is 2.00 bits per heavy atom. The van der Waals surface area contributed by atoms with Crippen molar-refractivity contribution in [2.75, 3.05) is 0 Å². The van der Waals surface area contributed by atoms with Crippen LogP contribution in [0.4, 0.5) is 13.2 Å². The molecular formula is C6H5F3N2O2S. The number of rotatable bonds is 2. The van der Waals surface area contributed by atoms with Crippen molar-refractivity contribution in [3.63, 3.8) is 0 Å². The van der Waals surface area contributed by atoms with Gasteiger partial charge in [0, 0.05) is 0 Å². The van der Waals surface area contributed by atoms with Gasteiger partial charge in [-0.05, 0) is 6.07 Å². The summed E-state index contributed by atoms with van der Waals surface area (Å²) in [5, 5.41) is 4.64. The topological polar surface area (TPSA) is 73.1 Å². The van der Waals surface area contributed by atoms with Crippen LogP contribution in [0.15, 0.2) is 17.2 Å². The van der Waals surface area contributed by atoms with Crippen molar-refractivity contribution in [3.05, 3.63) is 23.8 Å². The van der Waals surface area contributed by atoms with Gasteiger partial charge in [-0.15, -0.1) is 0 Å². The van der Waals surface area contributed by atoms with Gasteiger partial charge < -0.3 is 0 Å². The number of hydrogen-bond acceptors (Lipinski definition) is 3. The Balaban J connectivity index is 3.34. The average Bonchev–Trinajstić information content (AvgIpc) is 2.02. The maximum atomic E-state index is 12.6. The van der Waals surface area contributed by atoms with E-state index in [1.54, 1.807) is 0 Å². The third-order valence-corrected chi connectivity index (χ3v) is 2.29. The molecule has 78 valence electrons. The Bertz CT molecular complexity index is 446. The van der Waals surface area contributed by atoms with Crippen LogP contribution in [0.25, 0.3) is 0 Å². The number of nitrogens with zero attached hydrogens (tertiary/aromatic N) is 1. The molecule has 0 spiro atoms. The van der Waals surface area contributed by atoms with Crippen LogP contribution in [-0.4, -0.2) is 13.4 Å². The van der Waals surface area contributed by atoms with Crippen LogP contribution in [0.5, 0.6) is 0 Å². The molecule has 0 aliphatic heterocycles. The van der Waals surface area contributed by atoms with Crippen LogP contribution in [0, 0.1) is 5.95 Å². The molecule has 2 N–H and O–H groups in total. The zero-order chi connectivity index (χ0) is 10.9. The highest BCUT2D eigenvalue weighted by atomic mass is 32.2. The van der Waals surface area contributed by atoms with Crippen molar-refractivity contribution < 1.29 is 21.6 Å². The molecule has 1 rings (SSSR count). The van der Waals surface area contributed by atoms with E-state index in [4.69, 9.17) is 0 Å². The quantitative estimate of drug-likeness (QED) is 0.758. The fourth-order valence-electron chi connectivity index (χ4n) is 0.754. The van der Waals surface area contributed by atoms with Gasteiger partial charge in [0.05, 0.1) is 11.8 Å². The summed E-state index contributed by atoms with van der Waals surface area (Å²) in [4.78, 5) is 2.22. The minimum atomic E-state index is -4.14. The predicted octanol–water partition coefficient (Wildman–Crippen LogP) is 0.806. The van der Waals surface area contributed by atoms with Crippen LogP contribution in [-0.2, 0) is 10.0 Å². The second kappa shape index (κ2) is 3.54. The first-order valence-electron chi connectivity index (χ1n) is 3.29. The molecule has 0 aliphatic rings. The lowest BCUT2D eigenvalue weighted by atomic mass is 10.3. The molecule has 1 heterocycles. The van der Waals surface area contributed by atoms with Crippen LogP contribution >= 0.6 is 0 Å². The lowest BCUT2D eigenvalue weighted by molar-refractivity contribution is 0.144. The SMILES string of the molecule is NS(=O)(=O)c1cnc(F)c(C(F)F)c1. The van der Waals surface area contributed by atoms with Gasteiger partial charge in [0.15, 0.2) is 0 Å². The van der Waals surface area contributed by atoms with Crippen molar-refractivity contribution in [3.8, 4) is 0 Å². The van der Waals surface area contributed by atoms with Gasteiger partial charge in [-0.1, -0.05) is 0 Å². The largest absolute Gasteiger partial charge is 0.268 e. The summed E-state index contributed by atoms with van der Waals surface area (Å²) in [5.41, 5.74) is -1.09. The molecule has 4 nitrogen and oxygen atoms in total. The molecule has 0 saturated heterocycles. The number of sulfonamides is 1. The summed E-state index contributed by atoms with van der Waals surface area (Å²) in [6, 6.07) is 0.461. The lowest BCUT2D eigenvalue weighted by Gasteiger charge is -2.02. The maximum Gasteiger partial charge on any atom is 0.268 e. The zero-order valence-electron chi connectivity index (χ0n) is 6.62. The fraction of sp³-hybridized carbons (Fsp3) is 0.167. The Labute approximate surface area is 77.6 Å². The predicted molar refractivity (Wildman–Crippen MR) is 40.5 cm³/mol. The van der Waals surface area contributed by atoms with Gasteiger partial charge in [0.1, 0.15) is 4.90 Å². The fourth-order valence-corrected chi connectivity index (χ4v) is 1.24. The molecule has 14 heavy (non-hydrogen) atoms. The highest BCUT2D eigenvalue weighted by Gasteiger charge is 2.18. The van der Waals surface area contributed by atoms with E-state index in [1.807, 2.05) is 0 Å². The summed E-state index contributed by atoms with van der Waals surface area (Å²) in [5.74, 6) is -1.41. The molecule has 8 heteroatoms. The number of hydrogen-bond donors (Lipinski definition) is 1. The Kier molecular flexibility index (Phi) is 2.76. The molecule has 0 unspecified atom stereocenters. The first-order chi connectivity index (χ1) is 6.32. The number of nitrogens with two attached hydrogens (primary N) is 1. The highest BCUT2D eigenvalue weighted by molar-refractivity contribution is 7.89. The maximum absolute atomic E-state index is 12.6. The van der Waals surface area contributed by atoms with E-state index in [0.29, 0.717) is 12.3 Å². The Morgan fingerprint density at radius 3 is 2.43 bits per heavy atom. The van der Waals surface area contributed by atoms with E-state index in [9.17, 15) is 21.6 Å². The molecule has 0 radical (unpaired) electrons. The van der Waals surface area contributed by atoms with Gasteiger partial charge in [0.2, 0.25) is 16.0 Å². The molecular weight excluding hydrogens is 221 g/mol. The molecule has 1 aromatic rings. The standard InChI is InChI=1S/C6H5F3N2O2S/c7-5(8)4-1-3(14(10,12)13)2-11-6(4)9/h1-2,5H,(H2,10,12,13). The third-order valence-electron chi connectivity index (χ3n) is 1.40. The van der Waals surface area contributed by atoms with E-state index < -0.39 is 32.9 Å². The normalized spacial score (nSPS) is 12.1. The molecule has 0 aliphatic carbocycles. The molecule has 0 saturated carbocycles. The van der Waals surface area contributed by atoms with Crippen LogP contribution in [0.1, 0.15) is 12.0 Å². The summed E-state index contributed by atoms with van der Waals surface area (Å²) < 4.78 is 58.1. The van der Waals surface area contributed by atoms with E-state index in [0.717, 1.165) is 0 Å². The second-order valence-corrected chi connectivity index (χ2v) is 3.96. The molecule has 0 aromatic carbocycles. The highest BCUT2D eigenvalue weighted by Crippen LogP contribution is 2.22. The number of pyridine rings is 1. The number of alkyl halides is 2. The van der Waals surface area contributed by atoms with Crippen LogP contribution < -0.4 is 5.14 Å². The van der Waals surface area contributed by atoms with Crippen molar-refractivity contribution in [1.29, 1.82) is 0 Å². The Hall–Kier alpha value is -1.15. The number of primary sulfonamides is 1. The van der Waals surface area contributed by atoms with Gasteiger partial charge in [-0.3, -0.25) is 0 Å². The van der Waals surface area contributed by atoms with Crippen molar-refractivity contribution >= 4 is 10.0 Å². The minimum Gasteiger partial charge on any atom is -0.226 e. The molecule has 0 atom stereocenters. The summed E-state index contributed by atoms with van der Waals surface area (Å²) >= 11 is 0. The minimum absolute atomic E-state index is 0.461. The number of halogens is 3. The van der Waals surface area contributed by atoms with Crippen molar-refractivity contribution in [2.45, 2.75) is 11.3 Å². The van der Waals surface area contributed by atoms with Gasteiger partial charge in [-0.2, -0.15) is 4.39 Å². The number of aromatic nitrogens is 1. The van der Waals surface area contributed by atoms with E-state index >= 15 is 0 Å². The smallest absolute Gasteiger partial charge is 0.226 e. The van der Waals surface area contributed by atoms with Crippen LogP contribution in [0.2, 0.25) is 0 Å². The van der Waals surface area contributed by atoms with Gasteiger partial charge >= 0.3 is 0 Å². The molecule has 1 aromatic heterocycles. The molecule has 0 bridgehead atoms. The summed E-state index contributed by atoms with van der Waals surface area (Å²) in [6.45, 7) is 0.